The zero-order chi connectivity index (χ0) is 18.6. The molecular weight excluding hydrogens is 344 g/mol. The Morgan fingerprint density at radius 3 is 2.93 bits per heavy atom. The highest BCUT2D eigenvalue weighted by Gasteiger charge is 2.28. The molecule has 0 spiro atoms. The number of nitrogens with zero attached hydrogens (tertiary/aromatic N) is 4. The molecule has 1 N–H and O–H groups in total. The van der Waals surface area contributed by atoms with Gasteiger partial charge < -0.3 is 14.5 Å². The maximum Gasteiger partial charge on any atom is 0.276 e. The van der Waals surface area contributed by atoms with Crippen LogP contribution in [0, 0.1) is 0 Å². The zero-order valence-corrected chi connectivity index (χ0v) is 15.0. The number of rotatable bonds is 5. The number of aliphatic hydroxyl groups excluding tert-OH is 1. The van der Waals surface area contributed by atoms with Crippen LogP contribution < -0.4 is 0 Å². The first-order valence-electron chi connectivity index (χ1n) is 9.20. The van der Waals surface area contributed by atoms with E-state index in [1.165, 1.54) is 0 Å². The number of piperidine rings is 1. The fourth-order valence-corrected chi connectivity index (χ4v) is 3.50. The van der Waals surface area contributed by atoms with Crippen LogP contribution in [0.1, 0.15) is 34.9 Å². The molecule has 3 aromatic rings. The van der Waals surface area contributed by atoms with E-state index in [2.05, 4.69) is 10.3 Å². The number of benzene rings is 1. The molecule has 1 aliphatic rings. The van der Waals surface area contributed by atoms with Gasteiger partial charge >= 0.3 is 0 Å². The Labute approximate surface area is 157 Å². The quantitative estimate of drug-likeness (QED) is 0.750. The third-order valence-electron chi connectivity index (χ3n) is 4.90. The van der Waals surface area contributed by atoms with Gasteiger partial charge in [0.25, 0.3) is 5.91 Å². The summed E-state index contributed by atoms with van der Waals surface area (Å²) in [5.41, 5.74) is 2.20. The molecule has 0 aliphatic carbocycles. The molecule has 7 heteroatoms. The zero-order valence-electron chi connectivity index (χ0n) is 15.0. The molecule has 1 amide bonds. The minimum Gasteiger partial charge on any atom is -0.394 e. The summed E-state index contributed by atoms with van der Waals surface area (Å²) in [6, 6.07) is 13.3. The van der Waals surface area contributed by atoms with E-state index < -0.39 is 0 Å². The molecule has 1 fully saturated rings. The number of hydrogen-bond acceptors (Lipinski definition) is 5. The minimum absolute atomic E-state index is 0.0618. The summed E-state index contributed by atoms with van der Waals surface area (Å²) >= 11 is 0. The lowest BCUT2D eigenvalue weighted by atomic mass is 9.95. The predicted molar refractivity (Wildman–Crippen MR) is 99.1 cm³/mol. The first kappa shape index (κ1) is 17.5. The van der Waals surface area contributed by atoms with E-state index in [0.29, 0.717) is 31.1 Å². The van der Waals surface area contributed by atoms with Crippen molar-refractivity contribution in [3.05, 3.63) is 60.0 Å². The number of likely N-dealkylation sites (tertiary alicyclic amines) is 1. The second-order valence-corrected chi connectivity index (χ2v) is 6.76. The lowest BCUT2D eigenvalue weighted by Gasteiger charge is -2.31. The standard InChI is InChI=1S/C20H22N4O3/c25-12-11-24-10-8-17(21-24)16-7-4-9-23(14-16)20(26)18-13-19(27-22-18)15-5-2-1-3-6-15/h1-3,5-6,8,10,13,16,25H,4,7,9,11-12,14H2/t16-/m1/s1. The minimum atomic E-state index is -0.111. The van der Waals surface area contributed by atoms with Crippen LogP contribution >= 0.6 is 0 Å². The van der Waals surface area contributed by atoms with Gasteiger partial charge in [-0.3, -0.25) is 9.48 Å². The summed E-state index contributed by atoms with van der Waals surface area (Å²) in [6.07, 6.45) is 3.79. The lowest BCUT2D eigenvalue weighted by molar-refractivity contribution is 0.0695. The van der Waals surface area contributed by atoms with Crippen molar-refractivity contribution < 1.29 is 14.4 Å². The highest BCUT2D eigenvalue weighted by molar-refractivity contribution is 5.93. The van der Waals surface area contributed by atoms with Crippen molar-refractivity contribution in [1.82, 2.24) is 19.8 Å². The van der Waals surface area contributed by atoms with E-state index in [-0.39, 0.29) is 18.4 Å². The van der Waals surface area contributed by atoms with Gasteiger partial charge in [-0.1, -0.05) is 35.5 Å². The first-order chi connectivity index (χ1) is 13.2. The molecule has 0 radical (unpaired) electrons. The topological polar surface area (TPSA) is 84.4 Å². The van der Waals surface area contributed by atoms with Gasteiger partial charge in [0.2, 0.25) is 0 Å². The summed E-state index contributed by atoms with van der Waals surface area (Å²) in [4.78, 5) is 14.7. The Hall–Kier alpha value is -2.93. The Bertz CT molecular complexity index is 903. The predicted octanol–water partition coefficient (Wildman–Crippen LogP) is 2.55. The van der Waals surface area contributed by atoms with Gasteiger partial charge in [-0.2, -0.15) is 5.10 Å². The van der Waals surface area contributed by atoms with Crippen molar-refractivity contribution in [3.63, 3.8) is 0 Å². The molecule has 2 aromatic heterocycles. The number of aromatic nitrogens is 3. The SMILES string of the molecule is O=C(c1cc(-c2ccccc2)on1)N1CCC[C@@H](c2ccn(CCO)n2)C1. The maximum atomic E-state index is 12.9. The molecular formula is C20H22N4O3. The smallest absolute Gasteiger partial charge is 0.276 e. The number of hydrogen-bond donors (Lipinski definition) is 1. The molecule has 1 saturated heterocycles. The van der Waals surface area contributed by atoms with Gasteiger partial charge in [-0.25, -0.2) is 0 Å². The summed E-state index contributed by atoms with van der Waals surface area (Å²) in [5.74, 6) is 0.679. The molecule has 1 aromatic carbocycles. The van der Waals surface area contributed by atoms with E-state index >= 15 is 0 Å². The van der Waals surface area contributed by atoms with E-state index in [9.17, 15) is 4.79 Å². The van der Waals surface area contributed by atoms with Crippen molar-refractivity contribution in [2.75, 3.05) is 19.7 Å². The number of amides is 1. The van der Waals surface area contributed by atoms with Crippen LogP contribution in [0.25, 0.3) is 11.3 Å². The van der Waals surface area contributed by atoms with Crippen LogP contribution in [-0.2, 0) is 6.54 Å². The molecule has 1 atom stereocenters. The summed E-state index contributed by atoms with van der Waals surface area (Å²) in [6.45, 7) is 1.87. The molecule has 1 aliphatic heterocycles. The molecule has 140 valence electrons. The molecule has 0 saturated carbocycles. The van der Waals surface area contributed by atoms with Gasteiger partial charge in [-0.05, 0) is 18.9 Å². The van der Waals surface area contributed by atoms with Gasteiger partial charge in [0.1, 0.15) is 0 Å². The van der Waals surface area contributed by atoms with Crippen molar-refractivity contribution in [2.45, 2.75) is 25.3 Å². The van der Waals surface area contributed by atoms with Crippen molar-refractivity contribution in [2.24, 2.45) is 0 Å². The molecule has 0 unspecified atom stereocenters. The van der Waals surface area contributed by atoms with E-state index in [0.717, 1.165) is 24.1 Å². The van der Waals surface area contributed by atoms with Crippen LogP contribution in [-0.4, -0.2) is 50.5 Å². The third-order valence-corrected chi connectivity index (χ3v) is 4.90. The number of carbonyl (C=O) groups is 1. The van der Waals surface area contributed by atoms with Crippen LogP contribution in [0.4, 0.5) is 0 Å². The highest BCUT2D eigenvalue weighted by Crippen LogP contribution is 2.27. The van der Waals surface area contributed by atoms with Crippen LogP contribution in [0.5, 0.6) is 0 Å². The van der Waals surface area contributed by atoms with E-state index in [1.807, 2.05) is 47.5 Å². The van der Waals surface area contributed by atoms with Gasteiger partial charge in [0.05, 0.1) is 18.8 Å². The Kier molecular flexibility index (Phi) is 5.02. The largest absolute Gasteiger partial charge is 0.394 e. The van der Waals surface area contributed by atoms with E-state index in [1.54, 1.807) is 10.7 Å². The fourth-order valence-electron chi connectivity index (χ4n) is 3.50. The number of aliphatic hydroxyl groups is 1. The second kappa shape index (κ2) is 7.75. The molecule has 4 rings (SSSR count). The summed E-state index contributed by atoms with van der Waals surface area (Å²) < 4.78 is 7.10. The average molecular weight is 366 g/mol. The van der Waals surface area contributed by atoms with Crippen LogP contribution in [0.15, 0.2) is 53.2 Å². The maximum absolute atomic E-state index is 12.9. The van der Waals surface area contributed by atoms with Gasteiger partial charge in [0.15, 0.2) is 11.5 Å². The Balaban J connectivity index is 1.46. The molecule has 0 bridgehead atoms. The number of carbonyl (C=O) groups excluding carboxylic acids is 1. The average Bonchev–Trinajstić information content (AvgIpc) is 3.39. The normalized spacial score (nSPS) is 17.2. The fraction of sp³-hybridized carbons (Fsp3) is 0.350. The van der Waals surface area contributed by atoms with Crippen molar-refractivity contribution in [1.29, 1.82) is 0 Å². The lowest BCUT2D eigenvalue weighted by Crippen LogP contribution is -2.39. The second-order valence-electron chi connectivity index (χ2n) is 6.76. The monoisotopic (exact) mass is 366 g/mol. The Morgan fingerprint density at radius 2 is 2.11 bits per heavy atom. The molecule has 7 nitrogen and oxygen atoms in total. The highest BCUT2D eigenvalue weighted by atomic mass is 16.5. The van der Waals surface area contributed by atoms with Crippen LogP contribution in [0.3, 0.4) is 0 Å². The van der Waals surface area contributed by atoms with Crippen molar-refractivity contribution in [3.8, 4) is 11.3 Å². The van der Waals surface area contributed by atoms with Gasteiger partial charge in [-0.15, -0.1) is 0 Å². The van der Waals surface area contributed by atoms with Crippen LogP contribution in [0.2, 0.25) is 0 Å². The van der Waals surface area contributed by atoms with E-state index in [4.69, 9.17) is 9.63 Å². The molecule has 3 heterocycles. The Morgan fingerprint density at radius 1 is 1.26 bits per heavy atom. The third kappa shape index (κ3) is 3.78. The van der Waals surface area contributed by atoms with Crippen molar-refractivity contribution >= 4 is 5.91 Å². The molecule has 27 heavy (non-hydrogen) atoms. The van der Waals surface area contributed by atoms with Gasteiger partial charge in [0, 0.05) is 36.8 Å². The summed E-state index contributed by atoms with van der Waals surface area (Å²) in [5, 5.41) is 17.5. The summed E-state index contributed by atoms with van der Waals surface area (Å²) in [7, 11) is 0. The first-order valence-corrected chi connectivity index (χ1v) is 9.20.